The fourth-order valence-corrected chi connectivity index (χ4v) is 5.88. The summed E-state index contributed by atoms with van der Waals surface area (Å²) in [5, 5.41) is 2.96. The summed E-state index contributed by atoms with van der Waals surface area (Å²) in [6, 6.07) is 11.9. The summed E-state index contributed by atoms with van der Waals surface area (Å²) in [5.74, 6) is 1.23. The van der Waals surface area contributed by atoms with Crippen LogP contribution in [0.1, 0.15) is 18.4 Å². The molecule has 2 aliphatic heterocycles. The van der Waals surface area contributed by atoms with Crippen LogP contribution in [-0.2, 0) is 21.1 Å². The summed E-state index contributed by atoms with van der Waals surface area (Å²) in [6.07, 6.45) is 3.39. The highest BCUT2D eigenvalue weighted by atomic mass is 32.2. The highest BCUT2D eigenvalue weighted by Gasteiger charge is 2.31. The molecule has 3 heterocycles. The van der Waals surface area contributed by atoms with E-state index >= 15 is 0 Å². The number of amides is 1. The Morgan fingerprint density at radius 1 is 1.27 bits per heavy atom. The highest BCUT2D eigenvalue weighted by molar-refractivity contribution is 7.91. The van der Waals surface area contributed by atoms with E-state index in [1.165, 1.54) is 0 Å². The number of pyridine rings is 1. The Morgan fingerprint density at radius 2 is 2.13 bits per heavy atom. The first-order valence-corrected chi connectivity index (χ1v) is 12.1. The molecular formula is C22H27N3O4S. The van der Waals surface area contributed by atoms with E-state index in [0.717, 1.165) is 29.0 Å². The van der Waals surface area contributed by atoms with Gasteiger partial charge >= 0.3 is 0 Å². The molecular weight excluding hydrogens is 402 g/mol. The first-order valence-electron chi connectivity index (χ1n) is 10.3. The van der Waals surface area contributed by atoms with Crippen LogP contribution >= 0.6 is 0 Å². The Kier molecular flexibility index (Phi) is 6.06. The molecule has 0 unspecified atom stereocenters. The third-order valence-corrected chi connectivity index (χ3v) is 7.57. The molecule has 0 bridgehead atoms. The molecule has 1 aromatic heterocycles. The number of ether oxygens (including phenoxy) is 1. The number of hydrogen-bond donors (Lipinski definition) is 1. The molecule has 0 radical (unpaired) electrons. The number of benzene rings is 1. The Balaban J connectivity index is 1.26. The van der Waals surface area contributed by atoms with Gasteiger partial charge in [0.1, 0.15) is 11.9 Å². The maximum Gasteiger partial charge on any atom is 0.221 e. The van der Waals surface area contributed by atoms with E-state index in [1.54, 1.807) is 6.20 Å². The molecule has 2 aliphatic rings. The monoisotopic (exact) mass is 429 g/mol. The summed E-state index contributed by atoms with van der Waals surface area (Å²) >= 11 is 0. The lowest BCUT2D eigenvalue weighted by Gasteiger charge is -2.22. The zero-order valence-electron chi connectivity index (χ0n) is 17.1. The van der Waals surface area contributed by atoms with Crippen LogP contribution in [0.2, 0.25) is 0 Å². The fourth-order valence-electron chi connectivity index (χ4n) is 4.08. The third-order valence-electron chi connectivity index (χ3n) is 5.82. The quantitative estimate of drug-likeness (QED) is 0.720. The predicted octanol–water partition coefficient (Wildman–Crippen LogP) is 1.68. The smallest absolute Gasteiger partial charge is 0.221 e. The Hall–Kier alpha value is -2.45. The molecule has 1 saturated heterocycles. The molecule has 7 nitrogen and oxygen atoms in total. The van der Waals surface area contributed by atoms with Gasteiger partial charge in [0.2, 0.25) is 5.91 Å². The second-order valence-corrected chi connectivity index (χ2v) is 10.3. The number of nitrogens with one attached hydrogen (secondary N) is 1. The van der Waals surface area contributed by atoms with Crippen molar-refractivity contribution in [2.75, 3.05) is 31.6 Å². The minimum absolute atomic E-state index is 0.0143. The first-order chi connectivity index (χ1) is 14.4. The summed E-state index contributed by atoms with van der Waals surface area (Å²) in [4.78, 5) is 18.7. The summed E-state index contributed by atoms with van der Waals surface area (Å²) in [5.41, 5.74) is 2.96. The number of nitrogens with zero attached hydrogens (tertiary/aromatic N) is 2. The second-order valence-electron chi connectivity index (χ2n) is 8.04. The second kappa shape index (κ2) is 8.73. The Morgan fingerprint density at radius 3 is 2.87 bits per heavy atom. The molecule has 1 amide bonds. The molecule has 4 rings (SSSR count). The van der Waals surface area contributed by atoms with Gasteiger partial charge in [0.15, 0.2) is 9.84 Å². The van der Waals surface area contributed by atoms with Gasteiger partial charge in [-0.2, -0.15) is 0 Å². The molecule has 2 atom stereocenters. The zero-order chi connectivity index (χ0) is 21.1. The van der Waals surface area contributed by atoms with E-state index < -0.39 is 9.84 Å². The van der Waals surface area contributed by atoms with Crippen molar-refractivity contribution in [1.82, 2.24) is 15.2 Å². The van der Waals surface area contributed by atoms with Crippen molar-refractivity contribution in [3.8, 4) is 17.0 Å². The van der Waals surface area contributed by atoms with Gasteiger partial charge in [-0.3, -0.25) is 9.78 Å². The molecule has 2 aromatic rings. The maximum atomic E-state index is 12.3. The van der Waals surface area contributed by atoms with Gasteiger partial charge < -0.3 is 15.0 Å². The molecule has 30 heavy (non-hydrogen) atoms. The normalized spacial score (nSPS) is 21.9. The van der Waals surface area contributed by atoms with Crippen LogP contribution in [0.4, 0.5) is 0 Å². The van der Waals surface area contributed by atoms with Crippen LogP contribution in [0.25, 0.3) is 11.3 Å². The predicted molar refractivity (Wildman–Crippen MR) is 115 cm³/mol. The average molecular weight is 430 g/mol. The number of hydrogen-bond acceptors (Lipinski definition) is 6. The van der Waals surface area contributed by atoms with Gasteiger partial charge in [-0.05, 0) is 37.2 Å². The minimum atomic E-state index is -2.91. The largest absolute Gasteiger partial charge is 0.487 e. The van der Waals surface area contributed by atoms with Gasteiger partial charge in [-0.25, -0.2) is 8.42 Å². The molecule has 0 aliphatic carbocycles. The van der Waals surface area contributed by atoms with Gasteiger partial charge in [0, 0.05) is 37.2 Å². The zero-order valence-corrected chi connectivity index (χ0v) is 17.9. The van der Waals surface area contributed by atoms with E-state index in [4.69, 9.17) is 4.74 Å². The highest BCUT2D eigenvalue weighted by Crippen LogP contribution is 2.37. The summed E-state index contributed by atoms with van der Waals surface area (Å²) in [7, 11) is -1.03. The Labute approximate surface area is 177 Å². The lowest BCUT2D eigenvalue weighted by Crippen LogP contribution is -2.38. The minimum Gasteiger partial charge on any atom is -0.487 e. The average Bonchev–Trinajstić information content (AvgIpc) is 3.33. The summed E-state index contributed by atoms with van der Waals surface area (Å²) in [6.45, 7) is 0.984. The number of para-hydroxylation sites is 1. The van der Waals surface area contributed by atoms with Crippen molar-refractivity contribution in [2.24, 2.45) is 0 Å². The van der Waals surface area contributed by atoms with E-state index in [9.17, 15) is 13.2 Å². The lowest BCUT2D eigenvalue weighted by atomic mass is 10.0. The van der Waals surface area contributed by atoms with Crippen molar-refractivity contribution in [3.63, 3.8) is 0 Å². The molecule has 1 N–H and O–H groups in total. The SMILES string of the molecule is CN(CCC(=O)NC[C@H]1Cc2cccc(-c3ccccn3)c2O1)[C@H]1CCS(=O)(=O)C1. The summed E-state index contributed by atoms with van der Waals surface area (Å²) < 4.78 is 29.4. The van der Waals surface area contributed by atoms with Crippen LogP contribution in [0.15, 0.2) is 42.6 Å². The van der Waals surface area contributed by atoms with Crippen LogP contribution in [0, 0.1) is 0 Å². The standard InChI is InChI=1S/C22H27N3O4S/c1-25(17-9-12-30(27,28)15-17)11-8-21(26)24-14-18-13-16-5-4-6-19(22(16)29-18)20-7-2-3-10-23-20/h2-7,10,17-18H,8-9,11-15H2,1H3,(H,24,26)/t17-,18+/m0/s1. The topological polar surface area (TPSA) is 88.6 Å². The van der Waals surface area contributed by atoms with E-state index in [2.05, 4.69) is 10.3 Å². The first kappa shape index (κ1) is 20.8. The lowest BCUT2D eigenvalue weighted by molar-refractivity contribution is -0.121. The molecule has 0 saturated carbocycles. The van der Waals surface area contributed by atoms with Crippen molar-refractivity contribution in [1.29, 1.82) is 0 Å². The number of sulfone groups is 1. The molecule has 160 valence electrons. The van der Waals surface area contributed by atoms with E-state index in [0.29, 0.717) is 25.9 Å². The van der Waals surface area contributed by atoms with Gasteiger partial charge in [0.05, 0.1) is 23.7 Å². The number of fused-ring (bicyclic) bond motifs is 1. The number of rotatable bonds is 7. The number of carbonyl (C=O) groups excluding carboxylic acids is 1. The fraction of sp³-hybridized carbons (Fsp3) is 0.455. The number of carbonyl (C=O) groups is 1. The third kappa shape index (κ3) is 4.82. The van der Waals surface area contributed by atoms with Crippen LogP contribution in [0.5, 0.6) is 5.75 Å². The molecule has 1 aromatic carbocycles. The van der Waals surface area contributed by atoms with Crippen molar-refractivity contribution in [3.05, 3.63) is 48.2 Å². The number of aromatic nitrogens is 1. The van der Waals surface area contributed by atoms with E-state index in [-0.39, 0.29) is 29.6 Å². The van der Waals surface area contributed by atoms with Crippen molar-refractivity contribution >= 4 is 15.7 Å². The maximum absolute atomic E-state index is 12.3. The van der Waals surface area contributed by atoms with E-state index in [1.807, 2.05) is 48.3 Å². The van der Waals surface area contributed by atoms with Crippen LogP contribution in [0.3, 0.4) is 0 Å². The van der Waals surface area contributed by atoms with Crippen molar-refractivity contribution in [2.45, 2.75) is 31.4 Å². The molecule has 1 fully saturated rings. The Bertz CT molecular complexity index is 1010. The van der Waals surface area contributed by atoms with Crippen LogP contribution < -0.4 is 10.1 Å². The van der Waals surface area contributed by atoms with Gasteiger partial charge in [-0.1, -0.05) is 18.2 Å². The molecule has 0 spiro atoms. The molecule has 8 heteroatoms. The van der Waals surface area contributed by atoms with Gasteiger partial charge in [0.25, 0.3) is 0 Å². The van der Waals surface area contributed by atoms with Gasteiger partial charge in [-0.15, -0.1) is 0 Å². The van der Waals surface area contributed by atoms with Crippen molar-refractivity contribution < 1.29 is 17.9 Å². The van der Waals surface area contributed by atoms with Crippen LogP contribution in [-0.4, -0.2) is 68.0 Å².